The predicted molar refractivity (Wildman–Crippen MR) is 58.5 cm³/mol. The van der Waals surface area contributed by atoms with E-state index in [0.717, 1.165) is 5.56 Å². The number of pyridine rings is 1. The summed E-state index contributed by atoms with van der Waals surface area (Å²) in [6, 6.07) is 3.68. The number of alkyl halides is 3. The van der Waals surface area contributed by atoms with Gasteiger partial charge in [0, 0.05) is 18.8 Å². The van der Waals surface area contributed by atoms with Gasteiger partial charge in [-0.3, -0.25) is 4.98 Å². The molecule has 1 aromatic rings. The van der Waals surface area contributed by atoms with Gasteiger partial charge in [-0.1, -0.05) is 6.07 Å². The lowest BCUT2D eigenvalue weighted by atomic mass is 10.0. The van der Waals surface area contributed by atoms with Crippen LogP contribution in [-0.4, -0.2) is 22.4 Å². The van der Waals surface area contributed by atoms with Crippen molar-refractivity contribution in [2.45, 2.75) is 44.4 Å². The van der Waals surface area contributed by atoms with E-state index >= 15 is 0 Å². The third-order valence-corrected chi connectivity index (χ3v) is 2.49. The van der Waals surface area contributed by atoms with Crippen LogP contribution in [0.5, 0.6) is 0 Å². The monoisotopic (exact) mass is 247 g/mol. The minimum Gasteiger partial charge on any atom is -0.393 e. The third kappa shape index (κ3) is 6.94. The van der Waals surface area contributed by atoms with Crippen LogP contribution in [0.4, 0.5) is 13.2 Å². The Bertz CT molecular complexity index is 313. The molecular weight excluding hydrogens is 231 g/mol. The average molecular weight is 247 g/mol. The van der Waals surface area contributed by atoms with Crippen LogP contribution in [0, 0.1) is 0 Å². The molecule has 1 aromatic heterocycles. The summed E-state index contributed by atoms with van der Waals surface area (Å²) in [6.07, 6.45) is -0.967. The van der Waals surface area contributed by atoms with Crippen LogP contribution in [0.1, 0.15) is 31.2 Å². The summed E-state index contributed by atoms with van der Waals surface area (Å²) >= 11 is 0. The minimum absolute atomic E-state index is 0.0162. The lowest BCUT2D eigenvalue weighted by Crippen LogP contribution is -2.12. The highest BCUT2D eigenvalue weighted by molar-refractivity contribution is 5.08. The molecule has 0 spiro atoms. The number of aryl methyl sites for hydroxylation is 1. The molecule has 0 bridgehead atoms. The molecule has 5 heteroatoms. The van der Waals surface area contributed by atoms with Gasteiger partial charge in [0.2, 0.25) is 0 Å². The highest BCUT2D eigenvalue weighted by Gasteiger charge is 2.26. The molecule has 0 amide bonds. The van der Waals surface area contributed by atoms with Crippen molar-refractivity contribution in [3.05, 3.63) is 30.1 Å². The van der Waals surface area contributed by atoms with Gasteiger partial charge in [-0.2, -0.15) is 13.2 Å². The number of hydrogen-bond donors (Lipinski definition) is 1. The third-order valence-electron chi connectivity index (χ3n) is 2.49. The number of nitrogens with zero attached hydrogens (tertiary/aromatic N) is 1. The maximum Gasteiger partial charge on any atom is 0.389 e. The molecule has 0 saturated carbocycles. The number of aliphatic hydroxyl groups excluding tert-OH is 1. The second-order valence-corrected chi connectivity index (χ2v) is 4.06. The first kappa shape index (κ1) is 14.0. The summed E-state index contributed by atoms with van der Waals surface area (Å²) in [5, 5.41) is 9.52. The zero-order valence-electron chi connectivity index (χ0n) is 9.45. The van der Waals surface area contributed by atoms with Gasteiger partial charge in [-0.05, 0) is 37.3 Å². The molecule has 0 aromatic carbocycles. The molecule has 1 atom stereocenters. The number of halogens is 3. The minimum atomic E-state index is -4.12. The van der Waals surface area contributed by atoms with E-state index in [4.69, 9.17) is 0 Å². The highest BCUT2D eigenvalue weighted by Crippen LogP contribution is 2.23. The summed E-state index contributed by atoms with van der Waals surface area (Å²) in [6.45, 7) is 0. The zero-order chi connectivity index (χ0) is 12.7. The van der Waals surface area contributed by atoms with Gasteiger partial charge < -0.3 is 5.11 Å². The molecule has 0 aliphatic heterocycles. The van der Waals surface area contributed by atoms with E-state index in [1.54, 1.807) is 18.5 Å². The fraction of sp³-hybridized carbons (Fsp3) is 0.583. The molecule has 2 nitrogen and oxygen atoms in total. The van der Waals surface area contributed by atoms with E-state index in [1.165, 1.54) is 0 Å². The van der Waals surface area contributed by atoms with Crippen molar-refractivity contribution < 1.29 is 18.3 Å². The van der Waals surface area contributed by atoms with Crippen LogP contribution in [0.3, 0.4) is 0 Å². The normalized spacial score (nSPS) is 13.6. The van der Waals surface area contributed by atoms with Crippen molar-refractivity contribution in [3.63, 3.8) is 0 Å². The molecule has 96 valence electrons. The summed E-state index contributed by atoms with van der Waals surface area (Å²) < 4.78 is 35.6. The van der Waals surface area contributed by atoms with Crippen LogP contribution >= 0.6 is 0 Å². The van der Waals surface area contributed by atoms with Gasteiger partial charge >= 0.3 is 6.18 Å². The maximum atomic E-state index is 11.9. The fourth-order valence-corrected chi connectivity index (χ4v) is 1.56. The largest absolute Gasteiger partial charge is 0.393 e. The van der Waals surface area contributed by atoms with Crippen molar-refractivity contribution in [1.82, 2.24) is 4.98 Å². The molecular formula is C12H16F3NO. The Morgan fingerprint density at radius 1 is 1.29 bits per heavy atom. The number of hydrogen-bond acceptors (Lipinski definition) is 2. The Balaban J connectivity index is 2.15. The van der Waals surface area contributed by atoms with E-state index in [0.29, 0.717) is 12.8 Å². The van der Waals surface area contributed by atoms with Gasteiger partial charge in [0.1, 0.15) is 0 Å². The van der Waals surface area contributed by atoms with E-state index in [1.807, 2.05) is 6.07 Å². The molecule has 17 heavy (non-hydrogen) atoms. The smallest absolute Gasteiger partial charge is 0.389 e. The van der Waals surface area contributed by atoms with Crippen LogP contribution in [0.15, 0.2) is 24.5 Å². The summed E-state index contributed by atoms with van der Waals surface area (Å²) in [7, 11) is 0. The Hall–Kier alpha value is -1.10. The Labute approximate surface area is 98.5 Å². The first-order chi connectivity index (χ1) is 7.97. The SMILES string of the molecule is OC(CCCC(F)(F)F)CCc1cccnc1. The first-order valence-electron chi connectivity index (χ1n) is 5.61. The standard InChI is InChI=1S/C12H16F3NO/c13-12(14,15)7-1-4-11(17)6-5-10-3-2-8-16-9-10/h2-3,8-9,11,17H,1,4-7H2. The lowest BCUT2D eigenvalue weighted by Gasteiger charge is -2.11. The van der Waals surface area contributed by atoms with Crippen molar-refractivity contribution in [2.75, 3.05) is 0 Å². The Morgan fingerprint density at radius 3 is 2.65 bits per heavy atom. The van der Waals surface area contributed by atoms with Crippen LogP contribution in [-0.2, 0) is 6.42 Å². The van der Waals surface area contributed by atoms with Crippen LogP contribution < -0.4 is 0 Å². The Morgan fingerprint density at radius 2 is 2.06 bits per heavy atom. The van der Waals surface area contributed by atoms with Gasteiger partial charge in [0.25, 0.3) is 0 Å². The van der Waals surface area contributed by atoms with Crippen molar-refractivity contribution in [3.8, 4) is 0 Å². The average Bonchev–Trinajstić information content (AvgIpc) is 2.26. The molecule has 0 saturated heterocycles. The second kappa shape index (κ2) is 6.59. The van der Waals surface area contributed by atoms with Gasteiger partial charge in [0.05, 0.1) is 6.10 Å². The highest BCUT2D eigenvalue weighted by atomic mass is 19.4. The number of aromatic nitrogens is 1. The quantitative estimate of drug-likeness (QED) is 0.837. The van der Waals surface area contributed by atoms with Gasteiger partial charge in [-0.15, -0.1) is 0 Å². The van der Waals surface area contributed by atoms with Crippen molar-refractivity contribution in [1.29, 1.82) is 0 Å². The number of rotatable bonds is 6. The molecule has 0 radical (unpaired) electrons. The lowest BCUT2D eigenvalue weighted by molar-refractivity contribution is -0.136. The first-order valence-corrected chi connectivity index (χ1v) is 5.61. The van der Waals surface area contributed by atoms with E-state index in [2.05, 4.69) is 4.98 Å². The van der Waals surface area contributed by atoms with Crippen LogP contribution in [0.2, 0.25) is 0 Å². The van der Waals surface area contributed by atoms with E-state index in [-0.39, 0.29) is 12.8 Å². The molecule has 1 unspecified atom stereocenters. The zero-order valence-corrected chi connectivity index (χ0v) is 9.45. The van der Waals surface area contributed by atoms with Crippen molar-refractivity contribution >= 4 is 0 Å². The summed E-state index contributed by atoms with van der Waals surface area (Å²) in [5.74, 6) is 0. The van der Waals surface area contributed by atoms with Gasteiger partial charge in [0.15, 0.2) is 0 Å². The van der Waals surface area contributed by atoms with Crippen LogP contribution in [0.25, 0.3) is 0 Å². The van der Waals surface area contributed by atoms with Crippen molar-refractivity contribution in [2.24, 2.45) is 0 Å². The second-order valence-electron chi connectivity index (χ2n) is 4.06. The summed E-state index contributed by atoms with van der Waals surface area (Å²) in [5.41, 5.74) is 0.988. The predicted octanol–water partition coefficient (Wildman–Crippen LogP) is 3.11. The van der Waals surface area contributed by atoms with Gasteiger partial charge in [-0.25, -0.2) is 0 Å². The maximum absolute atomic E-state index is 11.9. The molecule has 0 fully saturated rings. The van der Waals surface area contributed by atoms with E-state index in [9.17, 15) is 18.3 Å². The molecule has 1 rings (SSSR count). The topological polar surface area (TPSA) is 33.1 Å². The van der Waals surface area contributed by atoms with E-state index < -0.39 is 18.7 Å². The summed E-state index contributed by atoms with van der Waals surface area (Å²) in [4.78, 5) is 3.93. The fourth-order valence-electron chi connectivity index (χ4n) is 1.56. The Kier molecular flexibility index (Phi) is 5.41. The molecule has 0 aliphatic carbocycles. The number of aliphatic hydroxyl groups is 1. The molecule has 1 heterocycles. The molecule has 0 aliphatic rings. The molecule has 1 N–H and O–H groups in total.